The molecule has 0 aromatic heterocycles. The fraction of sp³-hybridized carbons (Fsp3) is 0.625. The molecule has 0 aliphatic rings. The SMILES string of the molecule is C=CC(=O)NC(C)CCC.O=S([O-])O. The minimum absolute atomic E-state index is 0.0825. The van der Waals surface area contributed by atoms with E-state index in [0.717, 1.165) is 12.8 Å². The zero-order valence-corrected chi connectivity index (χ0v) is 9.17. The molecule has 84 valence electrons. The molecule has 6 heteroatoms. The summed E-state index contributed by atoms with van der Waals surface area (Å²) in [5, 5.41) is 2.77. The number of nitrogens with one attached hydrogen (secondary N) is 1. The van der Waals surface area contributed by atoms with E-state index in [1.165, 1.54) is 6.08 Å². The maximum Gasteiger partial charge on any atom is 0.243 e. The van der Waals surface area contributed by atoms with Crippen molar-refractivity contribution in [2.45, 2.75) is 32.7 Å². The molecule has 2 N–H and O–H groups in total. The van der Waals surface area contributed by atoms with Crippen LogP contribution in [0.5, 0.6) is 0 Å². The van der Waals surface area contributed by atoms with Gasteiger partial charge in [0.25, 0.3) is 0 Å². The lowest BCUT2D eigenvalue weighted by molar-refractivity contribution is -0.117. The largest absolute Gasteiger partial charge is 0.750 e. The molecule has 2 atom stereocenters. The van der Waals surface area contributed by atoms with E-state index in [1.807, 2.05) is 6.92 Å². The van der Waals surface area contributed by atoms with Crippen molar-refractivity contribution in [3.8, 4) is 0 Å². The number of amides is 1. The zero-order chi connectivity index (χ0) is 11.6. The van der Waals surface area contributed by atoms with Crippen molar-refractivity contribution in [3.05, 3.63) is 12.7 Å². The smallest absolute Gasteiger partial charge is 0.243 e. The van der Waals surface area contributed by atoms with Crippen LogP contribution in [-0.2, 0) is 16.2 Å². The molecule has 0 radical (unpaired) electrons. The molecule has 14 heavy (non-hydrogen) atoms. The Balaban J connectivity index is 0. The fourth-order valence-corrected chi connectivity index (χ4v) is 0.807. The summed E-state index contributed by atoms with van der Waals surface area (Å²) in [6.07, 6.45) is 3.42. The average Bonchev–Trinajstić information content (AvgIpc) is 2.03. The van der Waals surface area contributed by atoms with Crippen molar-refractivity contribution >= 4 is 17.3 Å². The summed E-state index contributed by atoms with van der Waals surface area (Å²) in [5.74, 6) is -0.0825. The monoisotopic (exact) mass is 222 g/mol. The summed E-state index contributed by atoms with van der Waals surface area (Å²) in [4.78, 5) is 10.7. The Bertz CT molecular complexity index is 192. The second-order valence-electron chi connectivity index (χ2n) is 2.62. The third-order valence-electron chi connectivity index (χ3n) is 1.30. The summed E-state index contributed by atoms with van der Waals surface area (Å²) >= 11 is -2.86. The normalized spacial score (nSPS) is 13.1. The van der Waals surface area contributed by atoms with Gasteiger partial charge in [-0.3, -0.25) is 4.79 Å². The highest BCUT2D eigenvalue weighted by molar-refractivity contribution is 7.73. The molecule has 0 bridgehead atoms. The Kier molecular flexibility index (Phi) is 11.6. The molecule has 0 aliphatic heterocycles. The highest BCUT2D eigenvalue weighted by Gasteiger charge is 2.00. The first kappa shape index (κ1) is 15.7. The lowest BCUT2D eigenvalue weighted by Gasteiger charge is -2.09. The van der Waals surface area contributed by atoms with Crippen molar-refractivity contribution in [2.24, 2.45) is 0 Å². The molecule has 0 saturated heterocycles. The first-order valence-corrected chi connectivity index (χ1v) is 5.18. The van der Waals surface area contributed by atoms with E-state index in [4.69, 9.17) is 13.3 Å². The summed E-state index contributed by atoms with van der Waals surface area (Å²) in [5.41, 5.74) is 0. The molecule has 1 amide bonds. The van der Waals surface area contributed by atoms with Gasteiger partial charge < -0.3 is 14.4 Å². The molecule has 0 fully saturated rings. The highest BCUT2D eigenvalue weighted by Crippen LogP contribution is 1.93. The van der Waals surface area contributed by atoms with Crippen LogP contribution < -0.4 is 5.32 Å². The van der Waals surface area contributed by atoms with Gasteiger partial charge in [0.2, 0.25) is 5.91 Å². The molecule has 2 unspecified atom stereocenters. The first-order valence-electron chi connectivity index (χ1n) is 4.15. The third-order valence-corrected chi connectivity index (χ3v) is 1.30. The van der Waals surface area contributed by atoms with Crippen molar-refractivity contribution in [1.29, 1.82) is 0 Å². The van der Waals surface area contributed by atoms with E-state index in [-0.39, 0.29) is 11.9 Å². The van der Waals surface area contributed by atoms with Crippen LogP contribution in [0.25, 0.3) is 0 Å². The third kappa shape index (κ3) is 17.4. The van der Waals surface area contributed by atoms with Crippen molar-refractivity contribution in [1.82, 2.24) is 5.32 Å². The van der Waals surface area contributed by atoms with Gasteiger partial charge in [-0.25, -0.2) is 4.21 Å². The van der Waals surface area contributed by atoms with E-state index in [1.54, 1.807) is 0 Å². The molecule has 0 spiro atoms. The second-order valence-corrected chi connectivity index (χ2v) is 3.05. The van der Waals surface area contributed by atoms with Crippen LogP contribution in [0, 0.1) is 0 Å². The molecular weight excluding hydrogens is 206 g/mol. The number of carbonyl (C=O) groups is 1. The lowest BCUT2D eigenvalue weighted by Crippen LogP contribution is -2.30. The standard InChI is InChI=1S/C8H15NO.H2O3S/c1-4-6-7(3)9-8(10)5-2;1-4(2)3/h5,7H,2,4,6H2,1,3H3,(H,9,10);(H2,1,2,3)/p-1. The molecular formula is C8H16NO4S-. The maximum absolute atomic E-state index is 10.7. The van der Waals surface area contributed by atoms with Crippen LogP contribution in [0.4, 0.5) is 0 Å². The van der Waals surface area contributed by atoms with Crippen molar-refractivity contribution in [2.75, 3.05) is 0 Å². The van der Waals surface area contributed by atoms with Crippen LogP contribution in [0.3, 0.4) is 0 Å². The minimum Gasteiger partial charge on any atom is -0.750 e. The second kappa shape index (κ2) is 10.4. The molecule has 0 aromatic carbocycles. The van der Waals surface area contributed by atoms with Gasteiger partial charge in [-0.2, -0.15) is 0 Å². The highest BCUT2D eigenvalue weighted by atomic mass is 32.2. The van der Waals surface area contributed by atoms with E-state index in [9.17, 15) is 4.79 Å². The van der Waals surface area contributed by atoms with Crippen LogP contribution in [0.1, 0.15) is 26.7 Å². The summed E-state index contributed by atoms with van der Waals surface area (Å²) < 4.78 is 24.1. The first-order chi connectivity index (χ1) is 6.43. The Labute approximate surface area is 86.7 Å². The van der Waals surface area contributed by atoms with Crippen LogP contribution in [0.2, 0.25) is 0 Å². The summed E-state index contributed by atoms with van der Waals surface area (Å²) in [6, 6.07) is 0.274. The van der Waals surface area contributed by atoms with E-state index in [2.05, 4.69) is 18.8 Å². The van der Waals surface area contributed by atoms with Gasteiger partial charge in [-0.15, -0.1) is 0 Å². The number of hydrogen-bond donors (Lipinski definition) is 2. The molecule has 0 heterocycles. The van der Waals surface area contributed by atoms with Crippen molar-refractivity contribution < 1.29 is 18.1 Å². The van der Waals surface area contributed by atoms with Gasteiger partial charge in [-0.05, 0) is 19.4 Å². The Hall–Kier alpha value is -0.720. The van der Waals surface area contributed by atoms with Crippen LogP contribution >= 0.6 is 0 Å². The summed E-state index contributed by atoms with van der Waals surface area (Å²) in [7, 11) is 0. The number of rotatable bonds is 4. The Morgan fingerprint density at radius 3 is 2.50 bits per heavy atom. The number of hydrogen-bond acceptors (Lipinski definition) is 3. The lowest BCUT2D eigenvalue weighted by atomic mass is 10.2. The predicted molar refractivity (Wildman–Crippen MR) is 54.3 cm³/mol. The van der Waals surface area contributed by atoms with Crippen molar-refractivity contribution in [3.63, 3.8) is 0 Å². The van der Waals surface area contributed by atoms with Crippen LogP contribution in [-0.4, -0.2) is 25.3 Å². The number of carbonyl (C=O) groups excluding carboxylic acids is 1. The Morgan fingerprint density at radius 1 is 1.79 bits per heavy atom. The molecule has 0 saturated carbocycles. The van der Waals surface area contributed by atoms with E-state index < -0.39 is 11.4 Å². The van der Waals surface area contributed by atoms with Gasteiger partial charge in [0, 0.05) is 6.04 Å². The molecule has 0 aromatic rings. The zero-order valence-electron chi connectivity index (χ0n) is 8.36. The van der Waals surface area contributed by atoms with Gasteiger partial charge in [0.1, 0.15) is 0 Å². The van der Waals surface area contributed by atoms with Gasteiger partial charge >= 0.3 is 0 Å². The molecule has 5 nitrogen and oxygen atoms in total. The maximum atomic E-state index is 10.7. The summed E-state index contributed by atoms with van der Waals surface area (Å²) in [6.45, 7) is 7.45. The minimum atomic E-state index is -2.86. The quantitative estimate of drug-likeness (QED) is 0.544. The van der Waals surface area contributed by atoms with E-state index >= 15 is 0 Å². The topological polar surface area (TPSA) is 89.5 Å². The van der Waals surface area contributed by atoms with Crippen LogP contribution in [0.15, 0.2) is 12.7 Å². The Morgan fingerprint density at radius 2 is 2.21 bits per heavy atom. The predicted octanol–water partition coefficient (Wildman–Crippen LogP) is 0.816. The molecule has 0 aliphatic carbocycles. The average molecular weight is 222 g/mol. The van der Waals surface area contributed by atoms with E-state index in [0.29, 0.717) is 0 Å². The van der Waals surface area contributed by atoms with Gasteiger partial charge in [0.15, 0.2) is 0 Å². The van der Waals surface area contributed by atoms with Gasteiger partial charge in [-0.1, -0.05) is 19.9 Å². The van der Waals surface area contributed by atoms with Gasteiger partial charge in [0.05, 0.1) is 11.4 Å². The fourth-order valence-electron chi connectivity index (χ4n) is 0.807. The molecule has 0 rings (SSSR count).